The fourth-order valence-electron chi connectivity index (χ4n) is 1.95. The van der Waals surface area contributed by atoms with E-state index in [2.05, 4.69) is 20.0 Å². The average Bonchev–Trinajstić information content (AvgIpc) is 2.81. The summed E-state index contributed by atoms with van der Waals surface area (Å²) >= 11 is 0. The maximum absolute atomic E-state index is 13.7. The van der Waals surface area contributed by atoms with Gasteiger partial charge in [0.1, 0.15) is 0 Å². The van der Waals surface area contributed by atoms with Crippen molar-refractivity contribution in [2.24, 2.45) is 0 Å². The molecule has 9 heteroatoms. The lowest BCUT2D eigenvalue weighted by Crippen LogP contribution is -2.18. The standard InChI is InChI=1S/C13H8F4N4O/c1-7-11-5-8(2-3-21(11)20-19-7)9-4-10(14)12(18-6-9)22-13(15,16)17/h2-6H,1H3. The van der Waals surface area contributed by atoms with E-state index in [0.29, 0.717) is 22.3 Å². The van der Waals surface area contributed by atoms with Crippen molar-refractivity contribution in [3.05, 3.63) is 42.1 Å². The van der Waals surface area contributed by atoms with Crippen LogP contribution in [0.3, 0.4) is 0 Å². The van der Waals surface area contributed by atoms with Gasteiger partial charge in [-0.25, -0.2) is 13.9 Å². The molecule has 0 saturated carbocycles. The summed E-state index contributed by atoms with van der Waals surface area (Å²) in [6.07, 6.45) is -2.27. The molecule has 0 unspecified atom stereocenters. The quantitative estimate of drug-likeness (QED) is 0.682. The maximum Gasteiger partial charge on any atom is 0.574 e. The van der Waals surface area contributed by atoms with Crippen LogP contribution in [0.5, 0.6) is 5.88 Å². The number of hydrogen-bond acceptors (Lipinski definition) is 4. The lowest BCUT2D eigenvalue weighted by molar-refractivity contribution is -0.277. The summed E-state index contributed by atoms with van der Waals surface area (Å²) in [5, 5.41) is 7.74. The van der Waals surface area contributed by atoms with Crippen LogP contribution in [0.25, 0.3) is 16.6 Å². The van der Waals surface area contributed by atoms with Crippen LogP contribution in [0.15, 0.2) is 30.6 Å². The minimum absolute atomic E-state index is 0.315. The summed E-state index contributed by atoms with van der Waals surface area (Å²) in [5.41, 5.74) is 2.26. The summed E-state index contributed by atoms with van der Waals surface area (Å²) in [7, 11) is 0. The van der Waals surface area contributed by atoms with Crippen LogP contribution in [0.1, 0.15) is 5.69 Å². The predicted octanol–water partition coefficient (Wildman–Crippen LogP) is 3.14. The SMILES string of the molecule is Cc1nnn2ccc(-c3cnc(OC(F)(F)F)c(F)c3)cc12. The molecule has 3 aromatic rings. The zero-order chi connectivity index (χ0) is 15.9. The number of fused-ring (bicyclic) bond motifs is 1. The Morgan fingerprint density at radius 3 is 2.64 bits per heavy atom. The zero-order valence-electron chi connectivity index (χ0n) is 11.1. The number of halogens is 4. The van der Waals surface area contributed by atoms with Crippen molar-refractivity contribution in [3.8, 4) is 17.0 Å². The second-order valence-corrected chi connectivity index (χ2v) is 4.48. The number of aromatic nitrogens is 4. The summed E-state index contributed by atoms with van der Waals surface area (Å²) in [4.78, 5) is 3.37. The van der Waals surface area contributed by atoms with Gasteiger partial charge in [0, 0.05) is 18.0 Å². The summed E-state index contributed by atoms with van der Waals surface area (Å²) in [6.45, 7) is 1.76. The summed E-state index contributed by atoms with van der Waals surface area (Å²) in [6, 6.07) is 4.25. The number of alkyl halides is 3. The Labute approximate surface area is 121 Å². The van der Waals surface area contributed by atoms with Crippen LogP contribution in [0.2, 0.25) is 0 Å². The number of hydrogen-bond donors (Lipinski definition) is 0. The van der Waals surface area contributed by atoms with Crippen LogP contribution < -0.4 is 4.74 Å². The number of pyridine rings is 2. The molecule has 0 fully saturated rings. The van der Waals surface area contributed by atoms with Crippen LogP contribution in [0, 0.1) is 12.7 Å². The first-order valence-electron chi connectivity index (χ1n) is 6.07. The van der Waals surface area contributed by atoms with Gasteiger partial charge in [0.05, 0.1) is 11.2 Å². The van der Waals surface area contributed by atoms with Crippen molar-refractivity contribution < 1.29 is 22.3 Å². The molecular weight excluding hydrogens is 304 g/mol. The fraction of sp³-hybridized carbons (Fsp3) is 0.154. The molecular formula is C13H8F4N4O. The minimum atomic E-state index is -4.99. The van der Waals surface area contributed by atoms with E-state index in [1.807, 2.05) is 0 Å². The highest BCUT2D eigenvalue weighted by Gasteiger charge is 2.33. The largest absolute Gasteiger partial charge is 0.574 e. The number of rotatable bonds is 2. The van der Waals surface area contributed by atoms with Gasteiger partial charge in [-0.3, -0.25) is 0 Å². The van der Waals surface area contributed by atoms with Crippen LogP contribution in [-0.2, 0) is 0 Å². The Morgan fingerprint density at radius 1 is 1.18 bits per heavy atom. The molecule has 3 rings (SSSR count). The topological polar surface area (TPSA) is 52.3 Å². The monoisotopic (exact) mass is 312 g/mol. The van der Waals surface area contributed by atoms with Crippen LogP contribution in [-0.4, -0.2) is 26.2 Å². The van der Waals surface area contributed by atoms with Crippen molar-refractivity contribution >= 4 is 5.52 Å². The Balaban J connectivity index is 2.00. The Morgan fingerprint density at radius 2 is 1.95 bits per heavy atom. The number of nitrogens with zero attached hydrogens (tertiary/aromatic N) is 4. The molecule has 22 heavy (non-hydrogen) atoms. The van der Waals surface area contributed by atoms with Gasteiger partial charge in [-0.1, -0.05) is 5.21 Å². The highest BCUT2D eigenvalue weighted by atomic mass is 19.4. The maximum atomic E-state index is 13.7. The molecule has 5 nitrogen and oxygen atoms in total. The number of ether oxygens (including phenoxy) is 1. The molecule has 0 amide bonds. The molecule has 0 radical (unpaired) electrons. The average molecular weight is 312 g/mol. The van der Waals surface area contributed by atoms with Gasteiger partial charge in [-0.15, -0.1) is 18.3 Å². The Kier molecular flexibility index (Phi) is 3.19. The second kappa shape index (κ2) is 4.93. The number of aryl methyl sites for hydroxylation is 1. The normalized spacial score (nSPS) is 11.9. The molecule has 0 aliphatic rings. The summed E-state index contributed by atoms with van der Waals surface area (Å²) < 4.78 is 55.0. The third-order valence-corrected chi connectivity index (χ3v) is 2.95. The zero-order valence-corrected chi connectivity index (χ0v) is 11.1. The predicted molar refractivity (Wildman–Crippen MR) is 67.6 cm³/mol. The molecule has 0 aliphatic carbocycles. The minimum Gasteiger partial charge on any atom is -0.385 e. The van der Waals surface area contributed by atoms with Gasteiger partial charge < -0.3 is 4.74 Å². The van der Waals surface area contributed by atoms with Crippen molar-refractivity contribution in [2.45, 2.75) is 13.3 Å². The van der Waals surface area contributed by atoms with Gasteiger partial charge in [-0.05, 0) is 30.7 Å². The van der Waals surface area contributed by atoms with Crippen LogP contribution in [0.4, 0.5) is 17.6 Å². The van der Waals surface area contributed by atoms with Crippen LogP contribution >= 0.6 is 0 Å². The first-order valence-corrected chi connectivity index (χ1v) is 6.07. The van der Waals surface area contributed by atoms with E-state index in [1.165, 1.54) is 4.52 Å². The molecule has 0 aliphatic heterocycles. The first kappa shape index (κ1) is 14.2. The van der Waals surface area contributed by atoms with E-state index in [1.54, 1.807) is 25.3 Å². The van der Waals surface area contributed by atoms with Gasteiger partial charge in [0.25, 0.3) is 5.88 Å². The summed E-state index contributed by atoms with van der Waals surface area (Å²) in [5.74, 6) is -2.31. The molecule has 0 saturated heterocycles. The van der Waals surface area contributed by atoms with E-state index < -0.39 is 18.1 Å². The lowest BCUT2D eigenvalue weighted by Gasteiger charge is -2.09. The smallest absolute Gasteiger partial charge is 0.385 e. The highest BCUT2D eigenvalue weighted by Crippen LogP contribution is 2.27. The van der Waals surface area contributed by atoms with Gasteiger partial charge in [-0.2, -0.15) is 0 Å². The molecule has 3 aromatic heterocycles. The van der Waals surface area contributed by atoms with E-state index >= 15 is 0 Å². The second-order valence-electron chi connectivity index (χ2n) is 4.48. The fourth-order valence-corrected chi connectivity index (χ4v) is 1.95. The van der Waals surface area contributed by atoms with Crippen molar-refractivity contribution in [1.29, 1.82) is 0 Å². The van der Waals surface area contributed by atoms with Gasteiger partial charge >= 0.3 is 6.36 Å². The van der Waals surface area contributed by atoms with E-state index in [9.17, 15) is 17.6 Å². The Hall–Kier alpha value is -2.71. The van der Waals surface area contributed by atoms with Crippen molar-refractivity contribution in [1.82, 2.24) is 19.8 Å². The van der Waals surface area contributed by atoms with Crippen molar-refractivity contribution in [2.75, 3.05) is 0 Å². The molecule has 3 heterocycles. The van der Waals surface area contributed by atoms with E-state index in [0.717, 1.165) is 12.3 Å². The van der Waals surface area contributed by atoms with Gasteiger partial charge in [0.2, 0.25) is 0 Å². The van der Waals surface area contributed by atoms with E-state index in [4.69, 9.17) is 0 Å². The molecule has 0 atom stereocenters. The van der Waals surface area contributed by atoms with Crippen molar-refractivity contribution in [3.63, 3.8) is 0 Å². The van der Waals surface area contributed by atoms with Gasteiger partial charge in [0.15, 0.2) is 5.82 Å². The molecule has 0 N–H and O–H groups in total. The Bertz CT molecular complexity index is 844. The molecule has 0 spiro atoms. The third kappa shape index (κ3) is 2.69. The molecule has 0 aromatic carbocycles. The lowest BCUT2D eigenvalue weighted by atomic mass is 10.1. The molecule has 114 valence electrons. The first-order chi connectivity index (χ1) is 10.3. The highest BCUT2D eigenvalue weighted by molar-refractivity contribution is 5.69. The molecule has 0 bridgehead atoms. The van der Waals surface area contributed by atoms with E-state index in [-0.39, 0.29) is 0 Å². The third-order valence-electron chi connectivity index (χ3n) is 2.95.